The van der Waals surface area contributed by atoms with Gasteiger partial charge in [0, 0.05) is 5.69 Å². The molecule has 0 fully saturated rings. The van der Waals surface area contributed by atoms with Crippen molar-refractivity contribution in [1.29, 1.82) is 0 Å². The zero-order valence-electron chi connectivity index (χ0n) is 16.4. The molecule has 2 N–H and O–H groups in total. The number of benzene rings is 3. The van der Waals surface area contributed by atoms with Gasteiger partial charge in [0.05, 0.1) is 28.8 Å². The number of rotatable bonds is 6. The van der Waals surface area contributed by atoms with Gasteiger partial charge in [0.2, 0.25) is 0 Å². The first-order valence-corrected chi connectivity index (χ1v) is 10.4. The maximum absolute atomic E-state index is 13.2. The molecule has 168 valence electrons. The number of amides is 1. The molecule has 0 aromatic heterocycles. The minimum Gasteiger partial charge on any atom is -0.495 e. The highest BCUT2D eigenvalue weighted by Gasteiger charge is 2.34. The maximum Gasteiger partial charge on any atom is 0.417 e. The highest BCUT2D eigenvalue weighted by Crippen LogP contribution is 2.33. The van der Waals surface area contributed by atoms with Crippen LogP contribution in [0.25, 0.3) is 0 Å². The van der Waals surface area contributed by atoms with Crippen molar-refractivity contribution in [1.82, 2.24) is 0 Å². The third kappa shape index (κ3) is 5.17. The summed E-state index contributed by atoms with van der Waals surface area (Å²) in [6, 6.07) is 12.2. The summed E-state index contributed by atoms with van der Waals surface area (Å²) in [6.07, 6.45) is -4.73. The number of sulfonamides is 1. The van der Waals surface area contributed by atoms with E-state index in [0.717, 1.165) is 42.5 Å². The van der Waals surface area contributed by atoms with Crippen molar-refractivity contribution in [2.75, 3.05) is 17.1 Å². The molecular weight excluding hydrogens is 452 g/mol. The Bertz CT molecular complexity index is 1240. The molecule has 0 saturated carbocycles. The van der Waals surface area contributed by atoms with E-state index in [4.69, 9.17) is 4.74 Å². The standard InChI is InChI=1S/C21H16F4N2O4S/c1-31-19-11-8-14(26-20(28)16-4-2-3-5-17(16)21(23,24)25)12-18(19)27-32(29,30)15-9-6-13(22)7-10-15/h2-12,27H,1H3,(H,26,28). The Morgan fingerprint density at radius 3 is 2.25 bits per heavy atom. The van der Waals surface area contributed by atoms with Crippen LogP contribution in [0.1, 0.15) is 15.9 Å². The second-order valence-electron chi connectivity index (χ2n) is 6.47. The first-order valence-electron chi connectivity index (χ1n) is 8.95. The summed E-state index contributed by atoms with van der Waals surface area (Å²) in [5.41, 5.74) is -1.77. The Hall–Kier alpha value is -3.60. The van der Waals surface area contributed by atoms with E-state index in [1.165, 1.54) is 31.4 Å². The molecule has 0 saturated heterocycles. The van der Waals surface area contributed by atoms with Gasteiger partial charge in [-0.05, 0) is 54.6 Å². The third-order valence-corrected chi connectivity index (χ3v) is 5.68. The third-order valence-electron chi connectivity index (χ3n) is 4.30. The molecule has 1 amide bonds. The summed E-state index contributed by atoms with van der Waals surface area (Å²) >= 11 is 0. The average molecular weight is 468 g/mol. The van der Waals surface area contributed by atoms with Gasteiger partial charge in [0.1, 0.15) is 11.6 Å². The van der Waals surface area contributed by atoms with Gasteiger partial charge in [-0.3, -0.25) is 9.52 Å². The largest absolute Gasteiger partial charge is 0.495 e. The van der Waals surface area contributed by atoms with Gasteiger partial charge in [-0.15, -0.1) is 0 Å². The number of methoxy groups -OCH3 is 1. The first-order chi connectivity index (χ1) is 15.0. The maximum atomic E-state index is 13.2. The zero-order valence-corrected chi connectivity index (χ0v) is 17.2. The Morgan fingerprint density at radius 1 is 0.969 bits per heavy atom. The quantitative estimate of drug-likeness (QED) is 0.504. The van der Waals surface area contributed by atoms with Crippen LogP contribution in [0.3, 0.4) is 0 Å². The minimum absolute atomic E-state index is 0.0181. The molecule has 0 aliphatic heterocycles. The van der Waals surface area contributed by atoms with E-state index in [1.807, 2.05) is 0 Å². The molecule has 3 aromatic carbocycles. The van der Waals surface area contributed by atoms with Crippen molar-refractivity contribution in [2.45, 2.75) is 11.1 Å². The van der Waals surface area contributed by atoms with Crippen LogP contribution in [0.2, 0.25) is 0 Å². The second-order valence-corrected chi connectivity index (χ2v) is 8.15. The van der Waals surface area contributed by atoms with Crippen LogP contribution in [0.15, 0.2) is 71.6 Å². The Labute approximate surface area is 180 Å². The highest BCUT2D eigenvalue weighted by molar-refractivity contribution is 7.92. The molecule has 11 heteroatoms. The van der Waals surface area contributed by atoms with Crippen LogP contribution in [0, 0.1) is 5.82 Å². The minimum atomic E-state index is -4.73. The van der Waals surface area contributed by atoms with Gasteiger partial charge < -0.3 is 10.1 Å². The molecule has 0 radical (unpaired) electrons. The van der Waals surface area contributed by atoms with Crippen molar-refractivity contribution in [3.63, 3.8) is 0 Å². The van der Waals surface area contributed by atoms with Crippen molar-refractivity contribution in [2.24, 2.45) is 0 Å². The lowest BCUT2D eigenvalue weighted by atomic mass is 10.1. The van der Waals surface area contributed by atoms with Crippen molar-refractivity contribution in [3.8, 4) is 5.75 Å². The van der Waals surface area contributed by atoms with Crippen molar-refractivity contribution >= 4 is 27.3 Å². The Kier molecular flexibility index (Phi) is 6.40. The molecule has 3 rings (SSSR count). The van der Waals surface area contributed by atoms with Crippen molar-refractivity contribution < 1.29 is 35.5 Å². The number of nitrogens with one attached hydrogen (secondary N) is 2. The summed E-state index contributed by atoms with van der Waals surface area (Å²) in [4.78, 5) is 12.2. The number of halogens is 4. The fourth-order valence-electron chi connectivity index (χ4n) is 2.81. The predicted molar refractivity (Wildman–Crippen MR) is 110 cm³/mol. The van der Waals surface area contributed by atoms with Crippen LogP contribution in [-0.2, 0) is 16.2 Å². The summed E-state index contributed by atoms with van der Waals surface area (Å²) < 4.78 is 85.2. The lowest BCUT2D eigenvalue weighted by Gasteiger charge is -2.15. The lowest BCUT2D eigenvalue weighted by Crippen LogP contribution is -2.19. The number of hydrogen-bond donors (Lipinski definition) is 2. The highest BCUT2D eigenvalue weighted by atomic mass is 32.2. The molecular formula is C21H16F4N2O4S. The van der Waals surface area contributed by atoms with Crippen LogP contribution in [0.5, 0.6) is 5.75 Å². The van der Waals surface area contributed by atoms with Crippen LogP contribution < -0.4 is 14.8 Å². The molecule has 0 aliphatic carbocycles. The fourth-order valence-corrected chi connectivity index (χ4v) is 3.87. The number of anilines is 2. The summed E-state index contributed by atoms with van der Waals surface area (Å²) in [6.45, 7) is 0. The average Bonchev–Trinajstić information content (AvgIpc) is 2.73. The van der Waals surface area contributed by atoms with Gasteiger partial charge in [-0.25, -0.2) is 12.8 Å². The van der Waals surface area contributed by atoms with Gasteiger partial charge in [-0.1, -0.05) is 12.1 Å². The number of hydrogen-bond acceptors (Lipinski definition) is 4. The number of carbonyl (C=O) groups excluding carboxylic acids is 1. The number of carbonyl (C=O) groups is 1. The smallest absolute Gasteiger partial charge is 0.417 e. The molecule has 0 aliphatic rings. The van der Waals surface area contributed by atoms with E-state index >= 15 is 0 Å². The van der Waals surface area contributed by atoms with E-state index in [-0.39, 0.29) is 22.0 Å². The molecule has 6 nitrogen and oxygen atoms in total. The molecule has 0 unspecified atom stereocenters. The molecule has 0 heterocycles. The van der Waals surface area contributed by atoms with E-state index in [1.54, 1.807) is 0 Å². The van der Waals surface area contributed by atoms with Gasteiger partial charge in [0.15, 0.2) is 0 Å². The van der Waals surface area contributed by atoms with E-state index in [9.17, 15) is 30.8 Å². The summed E-state index contributed by atoms with van der Waals surface area (Å²) in [5.74, 6) is -1.56. The molecule has 3 aromatic rings. The summed E-state index contributed by atoms with van der Waals surface area (Å²) in [5, 5.41) is 2.32. The fraction of sp³-hybridized carbons (Fsp3) is 0.0952. The zero-order chi connectivity index (χ0) is 23.5. The first kappa shape index (κ1) is 23.1. The van der Waals surface area contributed by atoms with Gasteiger partial charge in [-0.2, -0.15) is 13.2 Å². The normalized spacial score (nSPS) is 11.7. The SMILES string of the molecule is COc1ccc(NC(=O)c2ccccc2C(F)(F)F)cc1NS(=O)(=O)c1ccc(F)cc1. The Morgan fingerprint density at radius 2 is 1.62 bits per heavy atom. The van der Waals surface area contributed by atoms with Crippen LogP contribution in [0.4, 0.5) is 28.9 Å². The lowest BCUT2D eigenvalue weighted by molar-refractivity contribution is -0.137. The predicted octanol–water partition coefficient (Wildman–Crippen LogP) is 4.91. The van der Waals surface area contributed by atoms with Crippen LogP contribution in [-0.4, -0.2) is 21.4 Å². The van der Waals surface area contributed by atoms with Gasteiger partial charge >= 0.3 is 6.18 Å². The number of ether oxygens (including phenoxy) is 1. The van der Waals surface area contributed by atoms with Crippen LogP contribution >= 0.6 is 0 Å². The van der Waals surface area contributed by atoms with Gasteiger partial charge in [0.25, 0.3) is 15.9 Å². The molecule has 32 heavy (non-hydrogen) atoms. The molecule has 0 bridgehead atoms. The monoisotopic (exact) mass is 468 g/mol. The topological polar surface area (TPSA) is 84.5 Å². The van der Waals surface area contributed by atoms with E-state index < -0.39 is 39.1 Å². The second kappa shape index (κ2) is 8.87. The summed E-state index contributed by atoms with van der Waals surface area (Å²) in [7, 11) is -2.86. The van der Waals surface area contributed by atoms with Crippen molar-refractivity contribution in [3.05, 3.63) is 83.7 Å². The van der Waals surface area contributed by atoms with E-state index in [0.29, 0.717) is 0 Å². The number of alkyl halides is 3. The molecule has 0 spiro atoms. The van der Waals surface area contributed by atoms with E-state index in [2.05, 4.69) is 10.0 Å². The molecule has 0 atom stereocenters. The Balaban J connectivity index is 1.90.